The first-order valence-electron chi connectivity index (χ1n) is 3.22. The van der Waals surface area contributed by atoms with Gasteiger partial charge in [0, 0.05) is 15.7 Å². The Labute approximate surface area is 74.7 Å². The van der Waals surface area contributed by atoms with E-state index >= 15 is 0 Å². The third kappa shape index (κ3) is 1.99. The maximum Gasteiger partial charge on any atom is 0.0485 e. The van der Waals surface area contributed by atoms with E-state index in [1.807, 2.05) is 18.2 Å². The number of nitrogens with two attached hydrogens (primary N) is 1. The van der Waals surface area contributed by atoms with Crippen LogP contribution in [0.2, 0.25) is 0 Å². The van der Waals surface area contributed by atoms with Crippen LogP contribution in [0.25, 0.3) is 0 Å². The standard InChI is InChI=1S/C9H8BrN/c1-2-3-7-6-8(10)4-5-9(7)11/h4-6H,11H2,1H3. The normalized spacial score (nSPS) is 8.55. The molecule has 0 spiro atoms. The summed E-state index contributed by atoms with van der Waals surface area (Å²) < 4.78 is 1.00. The predicted molar refractivity (Wildman–Crippen MR) is 51.1 cm³/mol. The van der Waals surface area contributed by atoms with Crippen LogP contribution in [0.4, 0.5) is 5.69 Å². The zero-order valence-corrected chi connectivity index (χ0v) is 7.77. The third-order valence-corrected chi connectivity index (χ3v) is 1.77. The van der Waals surface area contributed by atoms with Gasteiger partial charge in [-0.3, -0.25) is 0 Å². The van der Waals surface area contributed by atoms with E-state index in [2.05, 4.69) is 27.8 Å². The summed E-state index contributed by atoms with van der Waals surface area (Å²) in [7, 11) is 0. The summed E-state index contributed by atoms with van der Waals surface area (Å²) in [4.78, 5) is 0. The zero-order valence-electron chi connectivity index (χ0n) is 6.19. The molecule has 0 unspecified atom stereocenters. The Hall–Kier alpha value is -0.940. The number of hydrogen-bond donors (Lipinski definition) is 1. The number of nitrogen functional groups attached to an aromatic ring is 1. The molecule has 0 aliphatic heterocycles. The van der Waals surface area contributed by atoms with Gasteiger partial charge in [0.25, 0.3) is 0 Å². The summed E-state index contributed by atoms with van der Waals surface area (Å²) in [5.74, 6) is 5.71. The molecule has 0 aliphatic carbocycles. The summed E-state index contributed by atoms with van der Waals surface area (Å²) in [6.07, 6.45) is 0. The smallest absolute Gasteiger partial charge is 0.0485 e. The summed E-state index contributed by atoms with van der Waals surface area (Å²) in [5.41, 5.74) is 7.25. The second-order valence-electron chi connectivity index (χ2n) is 2.11. The van der Waals surface area contributed by atoms with Crippen molar-refractivity contribution in [1.29, 1.82) is 0 Å². The van der Waals surface area contributed by atoms with Crippen LogP contribution in [0, 0.1) is 11.8 Å². The molecule has 0 radical (unpaired) electrons. The minimum atomic E-state index is 0.725. The van der Waals surface area contributed by atoms with Crippen LogP contribution in [-0.2, 0) is 0 Å². The quantitative estimate of drug-likeness (QED) is 0.516. The van der Waals surface area contributed by atoms with Crippen molar-refractivity contribution in [3.05, 3.63) is 28.2 Å². The Bertz CT molecular complexity index is 320. The van der Waals surface area contributed by atoms with E-state index in [9.17, 15) is 0 Å². The van der Waals surface area contributed by atoms with Crippen molar-refractivity contribution in [2.75, 3.05) is 5.73 Å². The lowest BCUT2D eigenvalue weighted by Gasteiger charge is -1.97. The van der Waals surface area contributed by atoms with Gasteiger partial charge in [-0.25, -0.2) is 0 Å². The number of anilines is 1. The van der Waals surface area contributed by atoms with Gasteiger partial charge in [-0.15, -0.1) is 5.92 Å². The van der Waals surface area contributed by atoms with Gasteiger partial charge in [-0.05, 0) is 25.1 Å². The van der Waals surface area contributed by atoms with Crippen LogP contribution in [0.5, 0.6) is 0 Å². The van der Waals surface area contributed by atoms with Crippen molar-refractivity contribution in [2.45, 2.75) is 6.92 Å². The fraction of sp³-hybridized carbons (Fsp3) is 0.111. The van der Waals surface area contributed by atoms with E-state index in [4.69, 9.17) is 5.73 Å². The van der Waals surface area contributed by atoms with Gasteiger partial charge in [-0.2, -0.15) is 0 Å². The van der Waals surface area contributed by atoms with Gasteiger partial charge in [0.1, 0.15) is 0 Å². The molecule has 1 aromatic carbocycles. The van der Waals surface area contributed by atoms with Crippen LogP contribution < -0.4 is 5.73 Å². The predicted octanol–water partition coefficient (Wildman–Crippen LogP) is 2.40. The van der Waals surface area contributed by atoms with Crippen LogP contribution in [0.1, 0.15) is 12.5 Å². The van der Waals surface area contributed by atoms with Crippen molar-refractivity contribution < 1.29 is 0 Å². The number of benzene rings is 1. The molecule has 0 saturated carbocycles. The lowest BCUT2D eigenvalue weighted by Crippen LogP contribution is -1.88. The molecule has 0 atom stereocenters. The fourth-order valence-electron chi connectivity index (χ4n) is 0.771. The molecular weight excluding hydrogens is 202 g/mol. The third-order valence-electron chi connectivity index (χ3n) is 1.28. The lowest BCUT2D eigenvalue weighted by atomic mass is 10.2. The average Bonchev–Trinajstić information content (AvgIpc) is 1.98. The van der Waals surface area contributed by atoms with Gasteiger partial charge in [0.15, 0.2) is 0 Å². The zero-order chi connectivity index (χ0) is 8.27. The van der Waals surface area contributed by atoms with Crippen LogP contribution in [0.15, 0.2) is 22.7 Å². The Balaban J connectivity index is 3.19. The highest BCUT2D eigenvalue weighted by Gasteiger charge is 1.94. The van der Waals surface area contributed by atoms with Crippen LogP contribution >= 0.6 is 15.9 Å². The van der Waals surface area contributed by atoms with E-state index in [0.717, 1.165) is 15.7 Å². The minimum Gasteiger partial charge on any atom is -0.398 e. The molecule has 0 fully saturated rings. The summed E-state index contributed by atoms with van der Waals surface area (Å²) in [6.45, 7) is 1.79. The van der Waals surface area contributed by atoms with Crippen LogP contribution in [-0.4, -0.2) is 0 Å². The van der Waals surface area contributed by atoms with Gasteiger partial charge >= 0.3 is 0 Å². The van der Waals surface area contributed by atoms with Gasteiger partial charge in [0.2, 0.25) is 0 Å². The fourth-order valence-corrected chi connectivity index (χ4v) is 1.13. The Morgan fingerprint density at radius 3 is 2.82 bits per heavy atom. The van der Waals surface area contributed by atoms with Crippen LogP contribution in [0.3, 0.4) is 0 Å². The average molecular weight is 210 g/mol. The van der Waals surface area contributed by atoms with E-state index in [1.54, 1.807) is 6.92 Å². The Morgan fingerprint density at radius 1 is 1.45 bits per heavy atom. The van der Waals surface area contributed by atoms with E-state index < -0.39 is 0 Å². The van der Waals surface area contributed by atoms with Crippen molar-refractivity contribution in [1.82, 2.24) is 0 Å². The maximum atomic E-state index is 5.65. The molecule has 0 bridgehead atoms. The first kappa shape index (κ1) is 8.16. The SMILES string of the molecule is CC#Cc1cc(Br)ccc1N. The molecular formula is C9H8BrN. The van der Waals surface area contributed by atoms with E-state index in [1.165, 1.54) is 0 Å². The topological polar surface area (TPSA) is 26.0 Å². The van der Waals surface area contributed by atoms with Crippen molar-refractivity contribution >= 4 is 21.6 Å². The Kier molecular flexibility index (Phi) is 2.56. The molecule has 0 saturated heterocycles. The summed E-state index contributed by atoms with van der Waals surface area (Å²) in [5, 5.41) is 0. The lowest BCUT2D eigenvalue weighted by molar-refractivity contribution is 1.59. The molecule has 0 aromatic heterocycles. The minimum absolute atomic E-state index is 0.725. The molecule has 2 heteroatoms. The molecule has 56 valence electrons. The number of rotatable bonds is 0. The maximum absolute atomic E-state index is 5.65. The highest BCUT2D eigenvalue weighted by Crippen LogP contribution is 2.16. The Morgan fingerprint density at radius 2 is 2.18 bits per heavy atom. The van der Waals surface area contributed by atoms with Gasteiger partial charge < -0.3 is 5.73 Å². The second kappa shape index (κ2) is 3.45. The monoisotopic (exact) mass is 209 g/mol. The highest BCUT2D eigenvalue weighted by atomic mass is 79.9. The molecule has 11 heavy (non-hydrogen) atoms. The number of halogens is 1. The molecule has 1 rings (SSSR count). The highest BCUT2D eigenvalue weighted by molar-refractivity contribution is 9.10. The van der Waals surface area contributed by atoms with Crippen molar-refractivity contribution in [3.63, 3.8) is 0 Å². The largest absolute Gasteiger partial charge is 0.398 e. The molecule has 2 N–H and O–H groups in total. The molecule has 1 aromatic rings. The summed E-state index contributed by atoms with van der Waals surface area (Å²) in [6, 6.07) is 5.64. The van der Waals surface area contributed by atoms with E-state index in [0.29, 0.717) is 0 Å². The molecule has 0 amide bonds. The molecule has 1 nitrogen and oxygen atoms in total. The van der Waals surface area contributed by atoms with Gasteiger partial charge in [0.05, 0.1) is 0 Å². The van der Waals surface area contributed by atoms with Crippen molar-refractivity contribution in [2.24, 2.45) is 0 Å². The second-order valence-corrected chi connectivity index (χ2v) is 3.02. The summed E-state index contributed by atoms with van der Waals surface area (Å²) >= 11 is 3.34. The van der Waals surface area contributed by atoms with Crippen molar-refractivity contribution in [3.8, 4) is 11.8 Å². The number of hydrogen-bond acceptors (Lipinski definition) is 1. The first-order chi connectivity index (χ1) is 5.24. The molecule has 0 aliphatic rings. The van der Waals surface area contributed by atoms with E-state index in [-0.39, 0.29) is 0 Å². The first-order valence-corrected chi connectivity index (χ1v) is 4.01. The van der Waals surface area contributed by atoms with Gasteiger partial charge in [-0.1, -0.05) is 21.9 Å². The molecule has 0 heterocycles.